The molecule has 1 fully saturated rings. The molecule has 10 nitrogen and oxygen atoms in total. The van der Waals surface area contributed by atoms with E-state index >= 15 is 0 Å². The number of imide groups is 1. The summed E-state index contributed by atoms with van der Waals surface area (Å²) in [6, 6.07) is 7.88. The van der Waals surface area contributed by atoms with Crippen LogP contribution in [0.2, 0.25) is 0 Å². The van der Waals surface area contributed by atoms with E-state index in [1.165, 1.54) is 19.3 Å². The topological polar surface area (TPSA) is 139 Å². The van der Waals surface area contributed by atoms with Gasteiger partial charge in [0.25, 0.3) is 11.1 Å². The number of phenols is 1. The maximum atomic E-state index is 12.7. The van der Waals surface area contributed by atoms with Crippen molar-refractivity contribution < 1.29 is 29.2 Å². The lowest BCUT2D eigenvalue weighted by molar-refractivity contribution is -0.386. The zero-order chi connectivity index (χ0) is 23.6. The lowest BCUT2D eigenvalue weighted by atomic mass is 10.1. The van der Waals surface area contributed by atoms with Crippen molar-refractivity contribution >= 4 is 46.3 Å². The molecule has 11 heteroatoms. The molecule has 0 aromatic heterocycles. The largest absolute Gasteiger partial charge is 0.500 e. The molecular formula is C21H19N3O7S. The third kappa shape index (κ3) is 4.72. The minimum atomic E-state index is -0.793. The number of aromatic hydroxyl groups is 1. The molecule has 3 amide bonds. The number of phenolic OH excluding ortho intramolecular Hbond substituents is 1. The monoisotopic (exact) mass is 457 g/mol. The molecule has 1 saturated heterocycles. The number of nitro groups is 1. The van der Waals surface area contributed by atoms with Crippen LogP contribution >= 0.6 is 11.8 Å². The Hall–Kier alpha value is -3.86. The number of anilines is 1. The first-order chi connectivity index (χ1) is 15.1. The predicted octanol–water partition coefficient (Wildman–Crippen LogP) is 3.60. The van der Waals surface area contributed by atoms with Crippen molar-refractivity contribution in [1.29, 1.82) is 0 Å². The van der Waals surface area contributed by atoms with Gasteiger partial charge in [-0.15, -0.1) is 0 Å². The van der Waals surface area contributed by atoms with Crippen LogP contribution in [0.5, 0.6) is 11.5 Å². The van der Waals surface area contributed by atoms with E-state index < -0.39 is 40.0 Å². The van der Waals surface area contributed by atoms with Crippen LogP contribution in [0, 0.1) is 24.0 Å². The number of nitrogens with one attached hydrogen (secondary N) is 1. The summed E-state index contributed by atoms with van der Waals surface area (Å²) in [5.41, 5.74) is 1.93. The van der Waals surface area contributed by atoms with Crippen molar-refractivity contribution in [2.45, 2.75) is 13.8 Å². The summed E-state index contributed by atoms with van der Waals surface area (Å²) in [6.07, 6.45) is 1.27. The second-order valence-corrected chi connectivity index (χ2v) is 7.98. The van der Waals surface area contributed by atoms with Crippen LogP contribution in [-0.2, 0) is 9.59 Å². The van der Waals surface area contributed by atoms with Crippen LogP contribution in [-0.4, -0.2) is 45.6 Å². The van der Waals surface area contributed by atoms with Crippen molar-refractivity contribution in [1.82, 2.24) is 4.90 Å². The van der Waals surface area contributed by atoms with E-state index in [9.17, 15) is 29.6 Å². The van der Waals surface area contributed by atoms with Gasteiger partial charge in [0, 0.05) is 11.8 Å². The van der Waals surface area contributed by atoms with E-state index in [0.717, 1.165) is 22.1 Å². The van der Waals surface area contributed by atoms with Gasteiger partial charge in [-0.2, -0.15) is 0 Å². The Bertz CT molecular complexity index is 1180. The highest BCUT2D eigenvalue weighted by atomic mass is 32.2. The molecule has 1 aliphatic rings. The normalized spacial score (nSPS) is 14.7. The van der Waals surface area contributed by atoms with Gasteiger partial charge in [0.1, 0.15) is 6.54 Å². The second-order valence-electron chi connectivity index (χ2n) is 6.98. The third-order valence-corrected chi connectivity index (χ3v) is 5.54. The molecule has 166 valence electrons. The summed E-state index contributed by atoms with van der Waals surface area (Å²) in [5.74, 6) is -2.04. The summed E-state index contributed by atoms with van der Waals surface area (Å²) in [7, 11) is 1.23. The standard InChI is InChI=1S/C21H19N3O7S/c1-11-4-5-12(2)14(6-11)22-18(25)10-23-20(27)17(32-21(23)28)9-13-7-15(24(29)30)19(26)16(8-13)31-3/h4-9,26H,10H2,1-3H3,(H,22,25)/b17-9+. The van der Waals surface area contributed by atoms with E-state index in [1.54, 1.807) is 6.07 Å². The molecule has 3 rings (SSSR count). The summed E-state index contributed by atoms with van der Waals surface area (Å²) in [6.45, 7) is 3.22. The maximum absolute atomic E-state index is 12.7. The molecule has 0 aliphatic carbocycles. The van der Waals surface area contributed by atoms with Crippen LogP contribution in [0.15, 0.2) is 35.2 Å². The van der Waals surface area contributed by atoms with Gasteiger partial charge in [0.05, 0.1) is 16.9 Å². The van der Waals surface area contributed by atoms with Crippen molar-refractivity contribution in [3.63, 3.8) is 0 Å². The highest BCUT2D eigenvalue weighted by molar-refractivity contribution is 8.18. The van der Waals surface area contributed by atoms with Gasteiger partial charge >= 0.3 is 5.69 Å². The number of nitrogens with zero attached hydrogens (tertiary/aromatic N) is 2. The third-order valence-electron chi connectivity index (χ3n) is 4.63. The lowest BCUT2D eigenvalue weighted by Crippen LogP contribution is -2.36. The van der Waals surface area contributed by atoms with E-state index in [1.807, 2.05) is 26.0 Å². The summed E-state index contributed by atoms with van der Waals surface area (Å²) in [5, 5.41) is 23.1. The molecule has 2 aromatic carbocycles. The minimum absolute atomic E-state index is 0.0171. The van der Waals surface area contributed by atoms with Crippen LogP contribution in [0.25, 0.3) is 6.08 Å². The number of benzene rings is 2. The first-order valence-electron chi connectivity index (χ1n) is 9.28. The zero-order valence-corrected chi connectivity index (χ0v) is 18.2. The molecule has 0 atom stereocenters. The molecule has 0 radical (unpaired) electrons. The highest BCUT2D eigenvalue weighted by Crippen LogP contribution is 2.39. The summed E-state index contributed by atoms with van der Waals surface area (Å²) < 4.78 is 4.93. The number of thioether (sulfide) groups is 1. The number of carbonyl (C=O) groups excluding carboxylic acids is 3. The Morgan fingerprint density at radius 2 is 2.00 bits per heavy atom. The summed E-state index contributed by atoms with van der Waals surface area (Å²) >= 11 is 0.608. The van der Waals surface area contributed by atoms with E-state index in [-0.39, 0.29) is 16.2 Å². The maximum Gasteiger partial charge on any atom is 0.315 e. The van der Waals surface area contributed by atoms with Gasteiger partial charge in [0.15, 0.2) is 5.75 Å². The number of carbonyl (C=O) groups is 3. The molecule has 2 aromatic rings. The molecular weight excluding hydrogens is 438 g/mol. The molecule has 32 heavy (non-hydrogen) atoms. The number of nitro benzene ring substituents is 1. The van der Waals surface area contributed by atoms with Crippen molar-refractivity contribution in [2.24, 2.45) is 0 Å². The molecule has 0 saturated carbocycles. The smallest absolute Gasteiger partial charge is 0.315 e. The van der Waals surface area contributed by atoms with Crippen LogP contribution < -0.4 is 10.1 Å². The predicted molar refractivity (Wildman–Crippen MR) is 119 cm³/mol. The number of amides is 3. The van der Waals surface area contributed by atoms with E-state index in [2.05, 4.69) is 5.32 Å². The Kier molecular flexibility index (Phi) is 6.49. The van der Waals surface area contributed by atoms with E-state index in [4.69, 9.17) is 4.74 Å². The first kappa shape index (κ1) is 22.8. The number of ether oxygens (including phenoxy) is 1. The fraction of sp³-hybridized carbons (Fsp3) is 0.190. The fourth-order valence-corrected chi connectivity index (χ4v) is 3.82. The molecule has 0 unspecified atom stereocenters. The second kappa shape index (κ2) is 9.10. The number of hydrogen-bond donors (Lipinski definition) is 2. The van der Waals surface area contributed by atoms with Gasteiger partial charge in [-0.3, -0.25) is 29.4 Å². The van der Waals surface area contributed by atoms with Gasteiger partial charge in [0.2, 0.25) is 11.7 Å². The molecule has 2 N–H and O–H groups in total. The van der Waals surface area contributed by atoms with Crippen molar-refractivity contribution in [2.75, 3.05) is 19.0 Å². The van der Waals surface area contributed by atoms with Gasteiger partial charge in [-0.1, -0.05) is 12.1 Å². The van der Waals surface area contributed by atoms with Crippen LogP contribution in [0.1, 0.15) is 16.7 Å². The number of hydrogen-bond acceptors (Lipinski definition) is 8. The number of methoxy groups -OCH3 is 1. The Morgan fingerprint density at radius 3 is 2.66 bits per heavy atom. The van der Waals surface area contributed by atoms with Crippen molar-refractivity contribution in [3.05, 3.63) is 62.0 Å². The highest BCUT2D eigenvalue weighted by Gasteiger charge is 2.36. The minimum Gasteiger partial charge on any atom is -0.500 e. The average Bonchev–Trinajstić information content (AvgIpc) is 2.98. The SMILES string of the molecule is COc1cc(/C=C2/SC(=O)N(CC(=O)Nc3cc(C)ccc3C)C2=O)cc([N+](=O)[O-])c1O. The molecule has 1 aliphatic heterocycles. The fourth-order valence-electron chi connectivity index (χ4n) is 2.98. The van der Waals surface area contributed by atoms with Gasteiger partial charge in [-0.25, -0.2) is 0 Å². The molecule has 0 spiro atoms. The summed E-state index contributed by atoms with van der Waals surface area (Å²) in [4.78, 5) is 48.6. The number of aryl methyl sites for hydroxylation is 2. The average molecular weight is 457 g/mol. The zero-order valence-electron chi connectivity index (χ0n) is 17.4. The Balaban J connectivity index is 1.81. The van der Waals surface area contributed by atoms with Gasteiger partial charge < -0.3 is 15.2 Å². The Morgan fingerprint density at radius 1 is 1.28 bits per heavy atom. The Labute approximate surface area is 187 Å². The first-order valence-corrected chi connectivity index (χ1v) is 10.1. The van der Waals surface area contributed by atoms with Crippen molar-refractivity contribution in [3.8, 4) is 11.5 Å². The quantitative estimate of drug-likeness (QED) is 0.381. The molecule has 1 heterocycles. The van der Waals surface area contributed by atoms with Gasteiger partial charge in [-0.05, 0) is 60.5 Å². The van der Waals surface area contributed by atoms with Crippen LogP contribution in [0.3, 0.4) is 0 Å². The molecule has 0 bridgehead atoms. The lowest BCUT2D eigenvalue weighted by Gasteiger charge is -2.14. The van der Waals surface area contributed by atoms with E-state index in [0.29, 0.717) is 17.4 Å². The van der Waals surface area contributed by atoms with Crippen LogP contribution in [0.4, 0.5) is 16.2 Å². The number of rotatable bonds is 6.